The highest BCUT2D eigenvalue weighted by atomic mass is 32.2. The number of hydrogen-bond acceptors (Lipinski definition) is 4. The van der Waals surface area contributed by atoms with E-state index in [1.165, 1.54) is 0 Å². The molecular weight excluding hydrogens is 248 g/mol. The normalized spacial score (nSPS) is 12.3. The molecule has 0 aliphatic rings. The first kappa shape index (κ1) is 13.1. The Morgan fingerprint density at radius 1 is 1.17 bits per heavy atom. The zero-order valence-electron chi connectivity index (χ0n) is 9.99. The summed E-state index contributed by atoms with van der Waals surface area (Å²) in [5.41, 5.74) is 0. The van der Waals surface area contributed by atoms with Gasteiger partial charge < -0.3 is 14.3 Å². The van der Waals surface area contributed by atoms with E-state index in [-0.39, 0.29) is 0 Å². The van der Waals surface area contributed by atoms with Crippen LogP contribution in [0.2, 0.25) is 0 Å². The second-order valence-corrected chi connectivity index (χ2v) is 4.90. The van der Waals surface area contributed by atoms with Crippen molar-refractivity contribution in [1.29, 1.82) is 0 Å². The number of para-hydroxylation sites is 1. The molecule has 2 rings (SSSR count). The van der Waals surface area contributed by atoms with Crippen LogP contribution in [-0.2, 0) is 5.75 Å². The van der Waals surface area contributed by atoms with Gasteiger partial charge in [0.15, 0.2) is 0 Å². The molecule has 4 heteroatoms. The highest BCUT2D eigenvalue weighted by molar-refractivity contribution is 7.98. The molecule has 0 saturated heterocycles. The molecule has 0 amide bonds. The molecule has 0 aliphatic carbocycles. The van der Waals surface area contributed by atoms with Crippen LogP contribution in [0.1, 0.15) is 5.76 Å². The van der Waals surface area contributed by atoms with Gasteiger partial charge in [0.2, 0.25) is 0 Å². The molecule has 1 unspecified atom stereocenters. The van der Waals surface area contributed by atoms with Crippen LogP contribution >= 0.6 is 11.8 Å². The predicted molar refractivity (Wildman–Crippen MR) is 72.8 cm³/mol. The van der Waals surface area contributed by atoms with E-state index in [0.717, 1.165) is 17.3 Å². The van der Waals surface area contributed by atoms with Crippen molar-refractivity contribution in [2.75, 3.05) is 12.4 Å². The highest BCUT2D eigenvalue weighted by Gasteiger charge is 2.06. The molecule has 0 bridgehead atoms. The lowest BCUT2D eigenvalue weighted by atomic mass is 10.3. The van der Waals surface area contributed by atoms with Crippen LogP contribution in [0.3, 0.4) is 0 Å². The summed E-state index contributed by atoms with van der Waals surface area (Å²) in [6.07, 6.45) is 1.19. The van der Waals surface area contributed by atoms with Crippen molar-refractivity contribution < 1.29 is 14.3 Å². The molecule has 2 aromatic rings. The summed E-state index contributed by atoms with van der Waals surface area (Å²) >= 11 is 1.63. The van der Waals surface area contributed by atoms with Crippen LogP contribution in [0.25, 0.3) is 0 Å². The van der Waals surface area contributed by atoms with E-state index >= 15 is 0 Å². The molecule has 1 heterocycles. The van der Waals surface area contributed by atoms with Gasteiger partial charge in [-0.1, -0.05) is 18.2 Å². The highest BCUT2D eigenvalue weighted by Crippen LogP contribution is 2.14. The Labute approximate surface area is 111 Å². The van der Waals surface area contributed by atoms with Crippen LogP contribution < -0.4 is 4.74 Å². The third kappa shape index (κ3) is 4.47. The first-order valence-corrected chi connectivity index (χ1v) is 6.96. The second kappa shape index (κ2) is 7.13. The molecule has 18 heavy (non-hydrogen) atoms. The largest absolute Gasteiger partial charge is 0.491 e. The van der Waals surface area contributed by atoms with Gasteiger partial charge in [-0.25, -0.2) is 0 Å². The topological polar surface area (TPSA) is 42.6 Å². The molecule has 0 saturated carbocycles. The van der Waals surface area contributed by atoms with Crippen molar-refractivity contribution in [3.05, 3.63) is 54.5 Å². The van der Waals surface area contributed by atoms with Crippen LogP contribution in [0.4, 0.5) is 0 Å². The van der Waals surface area contributed by atoms with Gasteiger partial charge in [0.05, 0.1) is 18.1 Å². The number of benzene rings is 1. The van der Waals surface area contributed by atoms with Gasteiger partial charge in [-0.2, -0.15) is 11.8 Å². The molecule has 1 atom stereocenters. The van der Waals surface area contributed by atoms with E-state index in [2.05, 4.69) is 0 Å². The first-order chi connectivity index (χ1) is 8.84. The number of ether oxygens (including phenoxy) is 1. The van der Waals surface area contributed by atoms with E-state index < -0.39 is 6.10 Å². The van der Waals surface area contributed by atoms with Gasteiger partial charge >= 0.3 is 0 Å². The molecule has 1 aromatic heterocycles. The Kier molecular flexibility index (Phi) is 5.17. The number of thioether (sulfide) groups is 1. The molecule has 3 nitrogen and oxygen atoms in total. The molecule has 0 radical (unpaired) electrons. The van der Waals surface area contributed by atoms with Gasteiger partial charge in [0, 0.05) is 5.75 Å². The monoisotopic (exact) mass is 264 g/mol. The molecule has 1 N–H and O–H groups in total. The second-order valence-electron chi connectivity index (χ2n) is 3.87. The minimum atomic E-state index is -0.467. The average molecular weight is 264 g/mol. The summed E-state index contributed by atoms with van der Waals surface area (Å²) in [7, 11) is 0. The maximum Gasteiger partial charge on any atom is 0.119 e. The van der Waals surface area contributed by atoms with Gasteiger partial charge in [0.25, 0.3) is 0 Å². The molecule has 0 spiro atoms. The lowest BCUT2D eigenvalue weighted by Gasteiger charge is -2.11. The third-order valence-electron chi connectivity index (χ3n) is 2.32. The van der Waals surface area contributed by atoms with E-state index in [0.29, 0.717) is 12.4 Å². The maximum absolute atomic E-state index is 9.76. The SMILES string of the molecule is OC(COc1ccccc1)CSCc1ccco1. The smallest absolute Gasteiger partial charge is 0.119 e. The number of furan rings is 1. The average Bonchev–Trinajstić information content (AvgIpc) is 2.91. The van der Waals surface area contributed by atoms with Crippen LogP contribution in [0, 0.1) is 0 Å². The number of aliphatic hydroxyl groups is 1. The van der Waals surface area contributed by atoms with Crippen molar-refractivity contribution in [3.8, 4) is 5.75 Å². The lowest BCUT2D eigenvalue weighted by Crippen LogP contribution is -2.20. The van der Waals surface area contributed by atoms with Crippen molar-refractivity contribution >= 4 is 11.8 Å². The molecule has 96 valence electrons. The van der Waals surface area contributed by atoms with Gasteiger partial charge in [0.1, 0.15) is 18.1 Å². The van der Waals surface area contributed by atoms with E-state index in [1.807, 2.05) is 42.5 Å². The third-order valence-corrected chi connectivity index (χ3v) is 3.43. The minimum Gasteiger partial charge on any atom is -0.491 e. The first-order valence-electron chi connectivity index (χ1n) is 5.80. The van der Waals surface area contributed by atoms with Crippen LogP contribution in [0.15, 0.2) is 53.1 Å². The Morgan fingerprint density at radius 3 is 2.72 bits per heavy atom. The Hall–Kier alpha value is -1.39. The standard InChI is InChI=1S/C14H16O3S/c15-12(9-17-13-5-2-1-3-6-13)10-18-11-14-7-4-8-16-14/h1-8,12,15H,9-11H2. The fraction of sp³-hybridized carbons (Fsp3) is 0.286. The van der Waals surface area contributed by atoms with Crippen molar-refractivity contribution in [3.63, 3.8) is 0 Å². The fourth-order valence-corrected chi connectivity index (χ4v) is 2.30. The zero-order chi connectivity index (χ0) is 12.6. The van der Waals surface area contributed by atoms with Crippen LogP contribution in [0.5, 0.6) is 5.75 Å². The summed E-state index contributed by atoms with van der Waals surface area (Å²) in [4.78, 5) is 0. The van der Waals surface area contributed by atoms with E-state index in [9.17, 15) is 5.11 Å². The summed E-state index contributed by atoms with van der Waals surface area (Å²) in [5.74, 6) is 3.12. The quantitative estimate of drug-likeness (QED) is 0.835. The van der Waals surface area contributed by atoms with Gasteiger partial charge in [-0.05, 0) is 24.3 Å². The van der Waals surface area contributed by atoms with Gasteiger partial charge in [-0.15, -0.1) is 0 Å². The fourth-order valence-electron chi connectivity index (χ4n) is 1.45. The molecule has 0 fully saturated rings. The minimum absolute atomic E-state index is 0.315. The van der Waals surface area contributed by atoms with Crippen molar-refractivity contribution in [2.45, 2.75) is 11.9 Å². The van der Waals surface area contributed by atoms with Crippen LogP contribution in [-0.4, -0.2) is 23.6 Å². The summed E-state index contributed by atoms with van der Waals surface area (Å²) in [5, 5.41) is 9.76. The summed E-state index contributed by atoms with van der Waals surface area (Å²) < 4.78 is 10.7. The maximum atomic E-state index is 9.76. The summed E-state index contributed by atoms with van der Waals surface area (Å²) in [6.45, 7) is 0.315. The Morgan fingerprint density at radius 2 is 2.00 bits per heavy atom. The number of aliphatic hydroxyl groups excluding tert-OH is 1. The summed E-state index contributed by atoms with van der Waals surface area (Å²) in [6, 6.07) is 13.3. The number of hydrogen-bond donors (Lipinski definition) is 1. The number of rotatable bonds is 7. The van der Waals surface area contributed by atoms with Gasteiger partial charge in [-0.3, -0.25) is 0 Å². The van der Waals surface area contributed by atoms with E-state index in [1.54, 1.807) is 18.0 Å². The molecule has 0 aliphatic heterocycles. The zero-order valence-corrected chi connectivity index (χ0v) is 10.8. The van der Waals surface area contributed by atoms with Crippen molar-refractivity contribution in [2.24, 2.45) is 0 Å². The molecular formula is C14H16O3S. The predicted octanol–water partition coefficient (Wildman–Crippen LogP) is 2.95. The lowest BCUT2D eigenvalue weighted by molar-refractivity contribution is 0.126. The Bertz CT molecular complexity index is 428. The molecule has 1 aromatic carbocycles. The van der Waals surface area contributed by atoms with E-state index in [4.69, 9.17) is 9.15 Å². The van der Waals surface area contributed by atoms with Crippen molar-refractivity contribution in [1.82, 2.24) is 0 Å². The Balaban J connectivity index is 1.62.